The fraction of sp³-hybridized carbons (Fsp3) is 0.615. The van der Waals surface area contributed by atoms with Crippen molar-refractivity contribution in [3.05, 3.63) is 23.8 Å². The lowest BCUT2D eigenvalue weighted by molar-refractivity contribution is 0.270. The van der Waals surface area contributed by atoms with Gasteiger partial charge in [-0.15, -0.1) is 0 Å². The van der Waals surface area contributed by atoms with Gasteiger partial charge in [0.1, 0.15) is 0 Å². The molecule has 1 aliphatic carbocycles. The second kappa shape index (κ2) is 4.12. The van der Waals surface area contributed by atoms with Crippen LogP contribution in [0.5, 0.6) is 0 Å². The Hall–Kier alpha value is -0.850. The lowest BCUT2D eigenvalue weighted by Crippen LogP contribution is -2.33. The summed E-state index contributed by atoms with van der Waals surface area (Å²) < 4.78 is 0. The highest BCUT2D eigenvalue weighted by molar-refractivity contribution is 5.96. The van der Waals surface area contributed by atoms with Gasteiger partial charge in [-0.05, 0) is 38.2 Å². The Morgan fingerprint density at radius 3 is 2.71 bits per heavy atom. The SMILES string of the molecule is C/C=C/C(=N)C1C(C)=CCCC1(C)C. The first-order valence-corrected chi connectivity index (χ1v) is 5.37. The van der Waals surface area contributed by atoms with Gasteiger partial charge >= 0.3 is 0 Å². The summed E-state index contributed by atoms with van der Waals surface area (Å²) in [6, 6.07) is 0. The second-order valence-corrected chi connectivity index (χ2v) is 4.86. The Morgan fingerprint density at radius 2 is 2.21 bits per heavy atom. The first kappa shape index (κ1) is 11.2. The van der Waals surface area contributed by atoms with E-state index in [1.165, 1.54) is 18.4 Å². The van der Waals surface area contributed by atoms with Gasteiger partial charge in [0.25, 0.3) is 0 Å². The van der Waals surface area contributed by atoms with Crippen LogP contribution in [0, 0.1) is 16.7 Å². The Balaban J connectivity index is 2.97. The summed E-state index contributed by atoms with van der Waals surface area (Å²) in [4.78, 5) is 0. The van der Waals surface area contributed by atoms with Gasteiger partial charge in [-0.3, -0.25) is 0 Å². The third kappa shape index (κ3) is 2.14. The second-order valence-electron chi connectivity index (χ2n) is 4.86. The third-order valence-corrected chi connectivity index (χ3v) is 3.15. The molecule has 1 N–H and O–H groups in total. The van der Waals surface area contributed by atoms with E-state index in [1.54, 1.807) is 0 Å². The van der Waals surface area contributed by atoms with Crippen molar-refractivity contribution in [3.8, 4) is 0 Å². The lowest BCUT2D eigenvalue weighted by Gasteiger charge is -2.38. The maximum absolute atomic E-state index is 8.04. The predicted molar refractivity (Wildman–Crippen MR) is 62.8 cm³/mol. The first-order chi connectivity index (χ1) is 6.49. The molecule has 0 aliphatic heterocycles. The summed E-state index contributed by atoms with van der Waals surface area (Å²) in [7, 11) is 0. The van der Waals surface area contributed by atoms with E-state index in [2.05, 4.69) is 26.8 Å². The highest BCUT2D eigenvalue weighted by Gasteiger charge is 2.34. The van der Waals surface area contributed by atoms with Gasteiger partial charge in [0, 0.05) is 11.6 Å². The molecule has 1 rings (SSSR count). The molecule has 1 unspecified atom stereocenters. The van der Waals surface area contributed by atoms with Gasteiger partial charge in [0.15, 0.2) is 0 Å². The third-order valence-electron chi connectivity index (χ3n) is 3.15. The van der Waals surface area contributed by atoms with Crippen molar-refractivity contribution >= 4 is 5.71 Å². The summed E-state index contributed by atoms with van der Waals surface area (Å²) in [6.45, 7) is 8.67. The zero-order chi connectivity index (χ0) is 10.8. The Morgan fingerprint density at radius 1 is 1.57 bits per heavy atom. The van der Waals surface area contributed by atoms with Gasteiger partial charge in [-0.2, -0.15) is 0 Å². The zero-order valence-electron chi connectivity index (χ0n) is 9.72. The minimum atomic E-state index is 0.245. The van der Waals surface area contributed by atoms with Crippen LogP contribution in [0.25, 0.3) is 0 Å². The Labute approximate surface area is 87.4 Å². The smallest absolute Gasteiger partial charge is 0.0387 e. The molecule has 0 spiro atoms. The lowest BCUT2D eigenvalue weighted by atomic mass is 9.66. The minimum Gasteiger partial charge on any atom is -0.305 e. The Bertz CT molecular complexity index is 282. The zero-order valence-corrected chi connectivity index (χ0v) is 9.72. The fourth-order valence-corrected chi connectivity index (χ4v) is 2.49. The highest BCUT2D eigenvalue weighted by Crippen LogP contribution is 2.41. The van der Waals surface area contributed by atoms with Crippen LogP contribution in [-0.2, 0) is 0 Å². The number of hydrogen-bond acceptors (Lipinski definition) is 1. The molecular weight excluding hydrogens is 170 g/mol. The van der Waals surface area contributed by atoms with E-state index in [0.29, 0.717) is 5.92 Å². The van der Waals surface area contributed by atoms with Crippen molar-refractivity contribution in [3.63, 3.8) is 0 Å². The van der Waals surface area contributed by atoms with E-state index < -0.39 is 0 Å². The van der Waals surface area contributed by atoms with Crippen molar-refractivity contribution in [1.82, 2.24) is 0 Å². The van der Waals surface area contributed by atoms with Crippen molar-refractivity contribution in [2.24, 2.45) is 11.3 Å². The molecule has 0 aromatic carbocycles. The quantitative estimate of drug-likeness (QED) is 0.504. The van der Waals surface area contributed by atoms with Gasteiger partial charge < -0.3 is 5.41 Å². The normalized spacial score (nSPS) is 26.3. The van der Waals surface area contributed by atoms with E-state index in [4.69, 9.17) is 5.41 Å². The van der Waals surface area contributed by atoms with Crippen LogP contribution in [0.3, 0.4) is 0 Å². The summed E-state index contributed by atoms with van der Waals surface area (Å²) in [6.07, 6.45) is 8.52. The molecule has 0 saturated carbocycles. The molecule has 0 heterocycles. The molecule has 0 aromatic heterocycles. The van der Waals surface area contributed by atoms with Gasteiger partial charge in [0.05, 0.1) is 0 Å². The molecule has 0 aromatic rings. The van der Waals surface area contributed by atoms with Gasteiger partial charge in [-0.1, -0.05) is 31.6 Å². The van der Waals surface area contributed by atoms with Crippen LogP contribution in [0.2, 0.25) is 0 Å². The van der Waals surface area contributed by atoms with Crippen molar-refractivity contribution in [2.45, 2.75) is 40.5 Å². The predicted octanol–water partition coefficient (Wildman–Crippen LogP) is 3.96. The first-order valence-electron chi connectivity index (χ1n) is 5.37. The summed E-state index contributed by atoms with van der Waals surface area (Å²) in [5.74, 6) is 0.312. The van der Waals surface area contributed by atoms with E-state index in [1.807, 2.05) is 19.1 Å². The van der Waals surface area contributed by atoms with Crippen LogP contribution in [0.4, 0.5) is 0 Å². The number of hydrogen-bond donors (Lipinski definition) is 1. The monoisotopic (exact) mass is 191 g/mol. The minimum absolute atomic E-state index is 0.245. The van der Waals surface area contributed by atoms with Crippen LogP contribution in [-0.4, -0.2) is 5.71 Å². The maximum atomic E-state index is 8.04. The largest absolute Gasteiger partial charge is 0.305 e. The summed E-state index contributed by atoms with van der Waals surface area (Å²) >= 11 is 0. The topological polar surface area (TPSA) is 23.9 Å². The summed E-state index contributed by atoms with van der Waals surface area (Å²) in [5, 5.41) is 8.04. The van der Waals surface area contributed by atoms with E-state index in [-0.39, 0.29) is 5.41 Å². The standard InChI is InChI=1S/C13H21N/c1-5-7-11(14)12-10(2)8-6-9-13(12,3)4/h5,7-8,12,14H,6,9H2,1-4H3/b7-5+,14-11?. The molecule has 1 heteroatoms. The van der Waals surface area contributed by atoms with Crippen molar-refractivity contribution < 1.29 is 0 Å². The molecular formula is C13H21N. The van der Waals surface area contributed by atoms with Crippen LogP contribution in [0.1, 0.15) is 40.5 Å². The highest BCUT2D eigenvalue weighted by atomic mass is 14.5. The average Bonchev–Trinajstić information content (AvgIpc) is 2.02. The van der Waals surface area contributed by atoms with Crippen LogP contribution >= 0.6 is 0 Å². The maximum Gasteiger partial charge on any atom is 0.0387 e. The molecule has 1 aliphatic rings. The molecule has 1 nitrogen and oxygen atoms in total. The van der Waals surface area contributed by atoms with Crippen LogP contribution < -0.4 is 0 Å². The molecule has 0 amide bonds. The molecule has 0 radical (unpaired) electrons. The van der Waals surface area contributed by atoms with Crippen molar-refractivity contribution in [2.75, 3.05) is 0 Å². The average molecular weight is 191 g/mol. The molecule has 78 valence electrons. The molecule has 14 heavy (non-hydrogen) atoms. The van der Waals surface area contributed by atoms with E-state index in [9.17, 15) is 0 Å². The van der Waals surface area contributed by atoms with Crippen molar-refractivity contribution in [1.29, 1.82) is 5.41 Å². The molecule has 0 saturated heterocycles. The summed E-state index contributed by atoms with van der Waals surface area (Å²) in [5.41, 5.74) is 2.37. The van der Waals surface area contributed by atoms with Crippen LogP contribution in [0.15, 0.2) is 23.8 Å². The number of allylic oxidation sites excluding steroid dienone is 4. The Kier molecular flexibility index (Phi) is 3.30. The van der Waals surface area contributed by atoms with E-state index >= 15 is 0 Å². The number of rotatable bonds is 2. The molecule has 0 fully saturated rings. The van der Waals surface area contributed by atoms with E-state index in [0.717, 1.165) is 5.71 Å². The molecule has 1 atom stereocenters. The van der Waals surface area contributed by atoms with Gasteiger partial charge in [-0.25, -0.2) is 0 Å². The number of nitrogens with one attached hydrogen (secondary N) is 1. The van der Waals surface area contributed by atoms with Gasteiger partial charge in [0.2, 0.25) is 0 Å². The fourth-order valence-electron chi connectivity index (χ4n) is 2.49. The molecule has 0 bridgehead atoms.